The second-order valence-corrected chi connectivity index (χ2v) is 6.67. The second kappa shape index (κ2) is 7.05. The summed E-state index contributed by atoms with van der Waals surface area (Å²) in [5, 5.41) is 3.11. The number of carbonyl (C=O) groups is 1. The van der Waals surface area contributed by atoms with Gasteiger partial charge in [-0.1, -0.05) is 23.7 Å². The normalized spacial score (nSPS) is 11.5. The van der Waals surface area contributed by atoms with Crippen molar-refractivity contribution in [2.45, 2.75) is 10.4 Å². The van der Waals surface area contributed by atoms with E-state index in [4.69, 9.17) is 16.0 Å². The summed E-state index contributed by atoms with van der Waals surface area (Å²) in [5.74, 6) is -0.879. The summed E-state index contributed by atoms with van der Waals surface area (Å²) < 4.78 is 43.0. The first-order valence-corrected chi connectivity index (χ1v) is 8.32. The highest BCUT2D eigenvalue weighted by atomic mass is 35.5. The standard InChI is InChI=1S/C17H9ClF3NO3S/c18-10-5-6-13-9(7-10)8-11(16(24)25-13)15(23)22-12-3-1-2-4-14(12)26-17(19,20)21/h1-8H,(H,22,23). The Labute approximate surface area is 154 Å². The largest absolute Gasteiger partial charge is 0.446 e. The summed E-state index contributed by atoms with van der Waals surface area (Å²) in [6.07, 6.45) is 0. The van der Waals surface area contributed by atoms with Gasteiger partial charge in [0.2, 0.25) is 0 Å². The van der Waals surface area contributed by atoms with Gasteiger partial charge in [-0.2, -0.15) is 13.2 Å². The van der Waals surface area contributed by atoms with Gasteiger partial charge in [0, 0.05) is 15.3 Å². The van der Waals surface area contributed by atoms with Gasteiger partial charge < -0.3 is 9.73 Å². The molecule has 0 spiro atoms. The minimum absolute atomic E-state index is 0.0644. The van der Waals surface area contributed by atoms with Crippen molar-refractivity contribution in [3.63, 3.8) is 0 Å². The zero-order chi connectivity index (χ0) is 18.9. The van der Waals surface area contributed by atoms with E-state index in [1.165, 1.54) is 48.5 Å². The highest BCUT2D eigenvalue weighted by Gasteiger charge is 2.30. The lowest BCUT2D eigenvalue weighted by atomic mass is 10.1. The number of nitrogens with one attached hydrogen (secondary N) is 1. The van der Waals surface area contributed by atoms with Crippen LogP contribution >= 0.6 is 23.4 Å². The molecule has 1 amide bonds. The molecular formula is C17H9ClF3NO3S. The Balaban J connectivity index is 1.95. The average molecular weight is 400 g/mol. The lowest BCUT2D eigenvalue weighted by Gasteiger charge is -2.12. The smallest absolute Gasteiger partial charge is 0.422 e. The van der Waals surface area contributed by atoms with E-state index in [1.807, 2.05) is 0 Å². The lowest BCUT2D eigenvalue weighted by molar-refractivity contribution is -0.0328. The molecule has 0 aliphatic rings. The number of thioether (sulfide) groups is 1. The summed E-state index contributed by atoms with van der Waals surface area (Å²) in [7, 11) is 0. The van der Waals surface area contributed by atoms with E-state index in [0.29, 0.717) is 10.4 Å². The Morgan fingerprint density at radius 1 is 1.12 bits per heavy atom. The third kappa shape index (κ3) is 4.20. The lowest BCUT2D eigenvalue weighted by Crippen LogP contribution is -2.21. The summed E-state index contributed by atoms with van der Waals surface area (Å²) in [6.45, 7) is 0. The quantitative estimate of drug-likeness (QED) is 0.479. The fourth-order valence-electron chi connectivity index (χ4n) is 2.23. The minimum Gasteiger partial charge on any atom is -0.422 e. The van der Waals surface area contributed by atoms with Crippen LogP contribution in [0.3, 0.4) is 0 Å². The molecule has 0 saturated carbocycles. The highest BCUT2D eigenvalue weighted by molar-refractivity contribution is 8.00. The maximum absolute atomic E-state index is 12.6. The molecule has 1 heterocycles. The van der Waals surface area contributed by atoms with Gasteiger partial charge in [-0.15, -0.1) is 0 Å². The molecule has 0 bridgehead atoms. The molecule has 2 aromatic carbocycles. The molecule has 0 unspecified atom stereocenters. The number of para-hydroxylation sites is 1. The molecule has 1 aromatic heterocycles. The Kier molecular flexibility index (Phi) is 4.97. The molecule has 0 aliphatic heterocycles. The number of hydrogen-bond acceptors (Lipinski definition) is 4. The topological polar surface area (TPSA) is 59.3 Å². The van der Waals surface area contributed by atoms with Crippen LogP contribution in [-0.4, -0.2) is 11.4 Å². The van der Waals surface area contributed by atoms with Crippen LogP contribution in [0.5, 0.6) is 0 Å². The van der Waals surface area contributed by atoms with Gasteiger partial charge in [-0.3, -0.25) is 4.79 Å². The van der Waals surface area contributed by atoms with Crippen LogP contribution < -0.4 is 10.9 Å². The first-order valence-electron chi connectivity index (χ1n) is 7.12. The van der Waals surface area contributed by atoms with Gasteiger partial charge in [0.1, 0.15) is 11.1 Å². The molecule has 0 fully saturated rings. The van der Waals surface area contributed by atoms with Gasteiger partial charge in [0.15, 0.2) is 0 Å². The van der Waals surface area contributed by atoms with Gasteiger partial charge >= 0.3 is 11.1 Å². The molecule has 9 heteroatoms. The molecule has 0 radical (unpaired) electrons. The van der Waals surface area contributed by atoms with E-state index in [9.17, 15) is 22.8 Å². The molecular weight excluding hydrogens is 391 g/mol. The Morgan fingerprint density at radius 2 is 1.85 bits per heavy atom. The molecule has 3 aromatic rings. The third-order valence-corrected chi connectivity index (χ3v) is 4.34. The molecule has 0 saturated heterocycles. The summed E-state index contributed by atoms with van der Waals surface area (Å²) in [4.78, 5) is 24.2. The molecule has 3 rings (SSSR count). The Bertz CT molecular complexity index is 1050. The van der Waals surface area contributed by atoms with Crippen molar-refractivity contribution in [1.29, 1.82) is 0 Å². The van der Waals surface area contributed by atoms with Crippen LogP contribution in [0.15, 0.2) is 62.6 Å². The monoisotopic (exact) mass is 399 g/mol. The highest BCUT2D eigenvalue weighted by Crippen LogP contribution is 2.40. The predicted molar refractivity (Wildman–Crippen MR) is 93.8 cm³/mol. The van der Waals surface area contributed by atoms with Gasteiger partial charge in [-0.25, -0.2) is 4.79 Å². The summed E-state index contributed by atoms with van der Waals surface area (Å²) >= 11 is 5.51. The first-order chi connectivity index (χ1) is 12.2. The number of amides is 1. The average Bonchev–Trinajstić information content (AvgIpc) is 2.55. The fraction of sp³-hybridized carbons (Fsp3) is 0.0588. The summed E-state index contributed by atoms with van der Waals surface area (Å²) in [5.41, 5.74) is -5.58. The van der Waals surface area contributed by atoms with E-state index in [1.54, 1.807) is 0 Å². The molecule has 26 heavy (non-hydrogen) atoms. The van der Waals surface area contributed by atoms with E-state index in [-0.39, 0.29) is 33.5 Å². The van der Waals surface area contributed by atoms with E-state index in [2.05, 4.69) is 5.32 Å². The van der Waals surface area contributed by atoms with Crippen LogP contribution in [0, 0.1) is 0 Å². The number of hydrogen-bond donors (Lipinski definition) is 1. The molecule has 4 nitrogen and oxygen atoms in total. The van der Waals surface area contributed by atoms with Crippen molar-refractivity contribution in [2.24, 2.45) is 0 Å². The van der Waals surface area contributed by atoms with Crippen LogP contribution in [0.2, 0.25) is 5.02 Å². The number of halogens is 4. The predicted octanol–water partition coefficient (Wildman–Crippen LogP) is 5.31. The summed E-state index contributed by atoms with van der Waals surface area (Å²) in [6, 6.07) is 11.2. The number of carbonyl (C=O) groups excluding carboxylic acids is 1. The minimum atomic E-state index is -4.51. The maximum atomic E-state index is 12.6. The van der Waals surface area contributed by atoms with Crippen molar-refractivity contribution in [3.05, 3.63) is 69.5 Å². The van der Waals surface area contributed by atoms with Crippen molar-refractivity contribution >= 4 is 45.9 Å². The van der Waals surface area contributed by atoms with E-state index >= 15 is 0 Å². The van der Waals surface area contributed by atoms with Gasteiger partial charge in [0.05, 0.1) is 5.69 Å². The van der Waals surface area contributed by atoms with E-state index < -0.39 is 17.0 Å². The molecule has 134 valence electrons. The Hall–Kier alpha value is -2.45. The fourth-order valence-corrected chi connectivity index (χ4v) is 3.03. The number of rotatable bonds is 3. The Morgan fingerprint density at radius 3 is 2.58 bits per heavy atom. The van der Waals surface area contributed by atoms with Gasteiger partial charge in [-0.05, 0) is 48.2 Å². The number of benzene rings is 2. The molecule has 0 atom stereocenters. The van der Waals surface area contributed by atoms with Crippen molar-refractivity contribution < 1.29 is 22.4 Å². The third-order valence-electron chi connectivity index (χ3n) is 3.30. The van der Waals surface area contributed by atoms with Crippen molar-refractivity contribution in [2.75, 3.05) is 5.32 Å². The SMILES string of the molecule is O=C(Nc1ccccc1SC(F)(F)F)c1cc2cc(Cl)ccc2oc1=O. The van der Waals surface area contributed by atoms with Crippen LogP contribution in [0.1, 0.15) is 10.4 Å². The van der Waals surface area contributed by atoms with Crippen molar-refractivity contribution in [1.82, 2.24) is 0 Å². The van der Waals surface area contributed by atoms with E-state index in [0.717, 1.165) is 0 Å². The molecule has 1 N–H and O–H groups in total. The number of alkyl halides is 3. The molecule has 0 aliphatic carbocycles. The van der Waals surface area contributed by atoms with Crippen LogP contribution in [0.4, 0.5) is 18.9 Å². The first kappa shape index (κ1) is 18.3. The van der Waals surface area contributed by atoms with Crippen LogP contribution in [-0.2, 0) is 0 Å². The number of anilines is 1. The second-order valence-electron chi connectivity index (χ2n) is 5.13. The number of fused-ring (bicyclic) bond motifs is 1. The van der Waals surface area contributed by atoms with Crippen LogP contribution in [0.25, 0.3) is 11.0 Å². The maximum Gasteiger partial charge on any atom is 0.446 e. The van der Waals surface area contributed by atoms with Crippen molar-refractivity contribution in [3.8, 4) is 0 Å². The zero-order valence-corrected chi connectivity index (χ0v) is 14.3. The van der Waals surface area contributed by atoms with Gasteiger partial charge in [0.25, 0.3) is 5.91 Å². The zero-order valence-electron chi connectivity index (χ0n) is 12.8.